The number of hydrogen-bond donors (Lipinski definition) is 2. The van der Waals surface area contributed by atoms with Gasteiger partial charge < -0.3 is 10.8 Å². The average molecular weight is 735 g/mol. The predicted octanol–water partition coefficient (Wildman–Crippen LogP) is 9.52. The van der Waals surface area contributed by atoms with E-state index in [1.807, 2.05) is 100 Å². The van der Waals surface area contributed by atoms with E-state index in [1.165, 1.54) is 36.8 Å². The molecule has 2 aliphatic carbocycles. The Bertz CT molecular complexity index is 2160. The van der Waals surface area contributed by atoms with E-state index in [-0.39, 0.29) is 16.2 Å². The van der Waals surface area contributed by atoms with Crippen molar-refractivity contribution >= 4 is 56.9 Å². The second-order valence-electron chi connectivity index (χ2n) is 13.0. The average Bonchev–Trinajstić information content (AvgIpc) is 4.02. The van der Waals surface area contributed by atoms with E-state index in [0.717, 1.165) is 50.3 Å². The number of thiocarbonyl (C=S) groups is 1. The molecule has 0 bridgehead atoms. The van der Waals surface area contributed by atoms with Crippen LogP contribution in [0.25, 0.3) is 27.3 Å². The lowest BCUT2D eigenvalue weighted by Gasteiger charge is -2.13. The topological polar surface area (TPSA) is 110 Å². The Morgan fingerprint density at radius 1 is 0.824 bits per heavy atom. The van der Waals surface area contributed by atoms with Crippen LogP contribution in [0.15, 0.2) is 89.7 Å². The summed E-state index contributed by atoms with van der Waals surface area (Å²) in [6.07, 6.45) is 4.93. The van der Waals surface area contributed by atoms with E-state index in [2.05, 4.69) is 17.1 Å². The number of benzene rings is 4. The molecule has 0 atom stereocenters. The van der Waals surface area contributed by atoms with Crippen LogP contribution in [0, 0.1) is 27.7 Å². The van der Waals surface area contributed by atoms with Crippen molar-refractivity contribution in [1.29, 1.82) is 0 Å². The van der Waals surface area contributed by atoms with Gasteiger partial charge in [0.2, 0.25) is 10.6 Å². The molecule has 7 rings (SSSR count). The Balaban J connectivity index is 0.000000167. The van der Waals surface area contributed by atoms with Gasteiger partial charge in [-0.05, 0) is 116 Å². The number of carbonyl (C=O) groups excluding carboxylic acids is 2. The Hall–Kier alpha value is -4.72. The fourth-order valence-corrected chi connectivity index (χ4v) is 7.33. The van der Waals surface area contributed by atoms with Gasteiger partial charge in [0.1, 0.15) is 27.1 Å². The number of aryl methyl sites for hydroxylation is 4. The van der Waals surface area contributed by atoms with E-state index in [1.54, 1.807) is 5.94 Å². The predicted molar refractivity (Wildman–Crippen MR) is 213 cm³/mol. The molecule has 2 fully saturated rings. The molecule has 0 aliphatic heterocycles. The number of rotatable bonds is 7. The smallest absolute Gasteiger partial charge is 0.264 e. The molecular formula is C42H39ClN2O4S2. The zero-order chi connectivity index (χ0) is 36.8. The van der Waals surface area contributed by atoms with Crippen molar-refractivity contribution in [1.82, 2.24) is 4.98 Å². The largest absolute Gasteiger partial charge is 0.493 e. The van der Waals surface area contributed by atoms with Gasteiger partial charge in [-0.3, -0.25) is 9.59 Å². The van der Waals surface area contributed by atoms with Crippen LogP contribution in [0.1, 0.15) is 82.0 Å². The molecule has 0 saturated heterocycles. The maximum Gasteiger partial charge on any atom is 0.264 e. The van der Waals surface area contributed by atoms with Crippen LogP contribution >= 0.6 is 35.2 Å². The molecule has 1 heterocycles. The summed E-state index contributed by atoms with van der Waals surface area (Å²) in [4.78, 5) is 39.5. The molecule has 0 amide bonds. The molecule has 0 radical (unpaired) electrons. The van der Waals surface area contributed by atoms with Crippen LogP contribution in [-0.2, 0) is 9.59 Å². The minimum Gasteiger partial charge on any atom is -0.493 e. The first-order valence-corrected chi connectivity index (χ1v) is 18.3. The van der Waals surface area contributed by atoms with Crippen LogP contribution in [0.2, 0.25) is 0 Å². The van der Waals surface area contributed by atoms with E-state index in [4.69, 9.17) is 29.6 Å². The van der Waals surface area contributed by atoms with Crippen molar-refractivity contribution in [2.75, 3.05) is 0 Å². The van der Waals surface area contributed by atoms with Gasteiger partial charge in [-0.15, -0.1) is 0 Å². The Morgan fingerprint density at radius 2 is 1.29 bits per heavy atom. The lowest BCUT2D eigenvalue weighted by Crippen LogP contribution is -2.08. The summed E-state index contributed by atoms with van der Waals surface area (Å²) >= 11 is 11.2. The van der Waals surface area contributed by atoms with Crippen LogP contribution in [0.5, 0.6) is 5.88 Å². The molecule has 5 aromatic rings. The first-order valence-electron chi connectivity index (χ1n) is 16.7. The van der Waals surface area contributed by atoms with Crippen LogP contribution in [0.3, 0.4) is 0 Å². The van der Waals surface area contributed by atoms with Gasteiger partial charge in [-0.2, -0.15) is 0 Å². The van der Waals surface area contributed by atoms with Gasteiger partial charge in [-0.1, -0.05) is 108 Å². The first-order chi connectivity index (χ1) is 24.4. The van der Waals surface area contributed by atoms with Crippen LogP contribution in [0.4, 0.5) is 0 Å². The Kier molecular flexibility index (Phi) is 12.2. The zero-order valence-electron chi connectivity index (χ0n) is 29.0. The van der Waals surface area contributed by atoms with Crippen LogP contribution < -0.4 is 10.5 Å². The summed E-state index contributed by atoms with van der Waals surface area (Å²) in [5.41, 5.74) is 15.3. The van der Waals surface area contributed by atoms with Crippen molar-refractivity contribution in [2.24, 2.45) is 5.73 Å². The number of aromatic nitrogens is 1. The number of aromatic hydroxyl groups is 1. The number of allylic oxidation sites excluding steroid dienone is 1. The highest BCUT2D eigenvalue weighted by atomic mass is 35.5. The summed E-state index contributed by atoms with van der Waals surface area (Å²) in [6, 6.07) is 27.4. The maximum absolute atomic E-state index is 12.8. The molecule has 6 nitrogen and oxygen atoms in total. The fraction of sp³-hybridized carbons (Fsp3) is 0.238. The van der Waals surface area contributed by atoms with Gasteiger partial charge in [0.15, 0.2) is 0 Å². The summed E-state index contributed by atoms with van der Waals surface area (Å²) < 4.78 is -0.156. The van der Waals surface area contributed by atoms with Crippen molar-refractivity contribution in [2.45, 2.75) is 65.2 Å². The molecule has 2 saturated carbocycles. The molecule has 51 heavy (non-hydrogen) atoms. The molecule has 3 N–H and O–H groups in total. The molecule has 0 spiro atoms. The lowest BCUT2D eigenvalue weighted by atomic mass is 9.93. The van der Waals surface area contributed by atoms with E-state index < -0.39 is 5.24 Å². The molecular weight excluding hydrogens is 696 g/mol. The number of nitrogens with two attached hydrogens (primary N) is 1. The van der Waals surface area contributed by atoms with Gasteiger partial charge in [0, 0.05) is 16.7 Å². The maximum atomic E-state index is 12.8. The number of nitrogens with zero attached hydrogens (tertiary/aromatic N) is 1. The fourth-order valence-electron chi connectivity index (χ4n) is 6.20. The Labute approximate surface area is 312 Å². The standard InChI is InChI=1S/C21H19NO2S.C14H13ClO2.C7H7NS/c1-12-10-16(14-8-9-14)11-13(2)17(12)18-19(23)22-20(25-21(18)24)15-6-4-3-5-7-15;1-8-5-11(10-3-4-10)6-9(2)13(8)12(7-16)14(15)17;8-7(9)6-4-2-1-3-5-6/h3-7,10-11,14,23H,8-9H2,1-2H3;5-6,10H,3-4H2,1-2H3;1-5H,(H2,8,9). The second-order valence-corrected chi connectivity index (χ2v) is 14.7. The molecule has 4 aromatic carbocycles. The first kappa shape index (κ1) is 37.5. The van der Waals surface area contributed by atoms with Crippen LogP contribution in [-0.4, -0.2) is 26.3 Å². The van der Waals surface area contributed by atoms with Crippen molar-refractivity contribution in [3.05, 3.63) is 139 Å². The highest BCUT2D eigenvalue weighted by molar-refractivity contribution is 7.80. The van der Waals surface area contributed by atoms with Gasteiger partial charge in [0.25, 0.3) is 5.24 Å². The normalized spacial score (nSPS) is 13.1. The second kappa shape index (κ2) is 16.5. The van der Waals surface area contributed by atoms with Crippen molar-refractivity contribution in [3.63, 3.8) is 0 Å². The van der Waals surface area contributed by atoms with Gasteiger partial charge in [-0.25, -0.2) is 9.78 Å². The molecule has 9 heteroatoms. The van der Waals surface area contributed by atoms with E-state index >= 15 is 0 Å². The number of halogens is 1. The van der Waals surface area contributed by atoms with Gasteiger partial charge in [0.05, 0.1) is 0 Å². The third-order valence-corrected chi connectivity index (χ3v) is 10.2. The summed E-state index contributed by atoms with van der Waals surface area (Å²) in [5.74, 6) is 2.77. The quantitative estimate of drug-likeness (QED) is 0.0742. The summed E-state index contributed by atoms with van der Waals surface area (Å²) in [6.45, 7) is 7.79. The third kappa shape index (κ3) is 9.34. The molecule has 0 unspecified atom stereocenters. The number of carbonyl (C=O) groups is 1. The summed E-state index contributed by atoms with van der Waals surface area (Å²) in [7, 11) is 0. The Morgan fingerprint density at radius 3 is 1.69 bits per heavy atom. The minimum atomic E-state index is -0.745. The summed E-state index contributed by atoms with van der Waals surface area (Å²) in [5, 5.41) is 10.3. The SMILES string of the molecule is Cc1cc(C2CC2)cc(C)c1-c1c(O)nc(-c2ccccc2)sc1=O.Cc1cc(C2CC2)cc(C)c1C(=C=O)C(=O)Cl.NC(=S)c1ccccc1. The van der Waals surface area contributed by atoms with Gasteiger partial charge >= 0.3 is 0 Å². The van der Waals surface area contributed by atoms with E-state index in [9.17, 15) is 19.5 Å². The zero-order valence-corrected chi connectivity index (χ0v) is 31.3. The number of hydrogen-bond acceptors (Lipinski definition) is 7. The monoisotopic (exact) mass is 734 g/mol. The van der Waals surface area contributed by atoms with Crippen molar-refractivity contribution in [3.8, 4) is 27.6 Å². The highest BCUT2D eigenvalue weighted by Gasteiger charge is 2.27. The lowest BCUT2D eigenvalue weighted by molar-refractivity contribution is -0.106. The highest BCUT2D eigenvalue weighted by Crippen LogP contribution is 2.43. The third-order valence-electron chi connectivity index (χ3n) is 8.91. The molecule has 2 aliphatic rings. The van der Waals surface area contributed by atoms with Crippen molar-refractivity contribution < 1.29 is 14.7 Å². The van der Waals surface area contributed by atoms with E-state index in [0.29, 0.717) is 33.0 Å². The minimum absolute atomic E-state index is 0.0657. The molecule has 260 valence electrons. The molecule has 1 aromatic heterocycles.